The van der Waals surface area contributed by atoms with E-state index in [1.807, 2.05) is 42.5 Å². The van der Waals surface area contributed by atoms with Crippen molar-refractivity contribution in [1.82, 2.24) is 14.8 Å². The van der Waals surface area contributed by atoms with Crippen LogP contribution in [-0.2, 0) is 4.84 Å². The molecular formula is C24H17N5O3. The van der Waals surface area contributed by atoms with Gasteiger partial charge < -0.3 is 10.2 Å². The standard InChI is InChI=1S/C24H17N5O3/c25-32-24(31)20-7-3-5-16-14-29(28-22(16)20)18-10-8-17(9-11-18)27-23(30)21-13-26-12-15-4-1-2-6-19(15)21/h1-14H,25H2,(H,27,30). The van der Waals surface area contributed by atoms with Gasteiger partial charge in [0.25, 0.3) is 5.91 Å². The first kappa shape index (κ1) is 19.4. The number of aromatic nitrogens is 3. The SMILES string of the molecule is NOC(=O)c1cccc2cn(-c3ccc(NC(=O)c4cncc5ccccc45)cc3)nc12. The largest absolute Gasteiger partial charge is 0.370 e. The minimum Gasteiger partial charge on any atom is -0.370 e. The summed E-state index contributed by atoms with van der Waals surface area (Å²) in [7, 11) is 0. The van der Waals surface area contributed by atoms with Crippen LogP contribution in [0, 0.1) is 0 Å². The Morgan fingerprint density at radius 3 is 2.47 bits per heavy atom. The summed E-state index contributed by atoms with van der Waals surface area (Å²) < 4.78 is 1.65. The summed E-state index contributed by atoms with van der Waals surface area (Å²) in [6.07, 6.45) is 5.09. The van der Waals surface area contributed by atoms with Crippen LogP contribution in [0.3, 0.4) is 0 Å². The summed E-state index contributed by atoms with van der Waals surface area (Å²) in [4.78, 5) is 33.2. The van der Waals surface area contributed by atoms with Crippen molar-refractivity contribution in [1.29, 1.82) is 0 Å². The number of nitrogens with one attached hydrogen (secondary N) is 1. The zero-order valence-electron chi connectivity index (χ0n) is 16.7. The van der Waals surface area contributed by atoms with E-state index in [9.17, 15) is 9.59 Å². The first-order valence-corrected chi connectivity index (χ1v) is 9.78. The lowest BCUT2D eigenvalue weighted by Gasteiger charge is -2.08. The summed E-state index contributed by atoms with van der Waals surface area (Å²) in [6.45, 7) is 0. The van der Waals surface area contributed by atoms with Gasteiger partial charge in [0.1, 0.15) is 5.52 Å². The van der Waals surface area contributed by atoms with E-state index in [1.54, 1.807) is 47.5 Å². The Bertz CT molecular complexity index is 1470. The molecule has 0 aliphatic rings. The Hall–Kier alpha value is -4.56. The summed E-state index contributed by atoms with van der Waals surface area (Å²) in [6, 6.07) is 20.0. The van der Waals surface area contributed by atoms with Gasteiger partial charge in [-0.3, -0.25) is 9.78 Å². The quantitative estimate of drug-likeness (QED) is 0.425. The fourth-order valence-corrected chi connectivity index (χ4v) is 3.60. The number of rotatable bonds is 4. The molecule has 0 unspecified atom stereocenters. The van der Waals surface area contributed by atoms with Crippen LogP contribution in [0.4, 0.5) is 5.69 Å². The molecular weight excluding hydrogens is 406 g/mol. The zero-order chi connectivity index (χ0) is 22.1. The topological polar surface area (TPSA) is 112 Å². The van der Waals surface area contributed by atoms with Crippen molar-refractivity contribution in [2.24, 2.45) is 5.90 Å². The lowest BCUT2D eigenvalue weighted by molar-refractivity contribution is 0.0505. The van der Waals surface area contributed by atoms with E-state index in [2.05, 4.69) is 20.2 Å². The first-order valence-electron chi connectivity index (χ1n) is 9.78. The van der Waals surface area contributed by atoms with E-state index in [4.69, 9.17) is 5.90 Å². The Morgan fingerprint density at radius 2 is 1.66 bits per heavy atom. The van der Waals surface area contributed by atoms with E-state index >= 15 is 0 Å². The van der Waals surface area contributed by atoms with Gasteiger partial charge in [0, 0.05) is 35.1 Å². The third-order valence-electron chi connectivity index (χ3n) is 5.17. The van der Waals surface area contributed by atoms with E-state index in [-0.39, 0.29) is 11.5 Å². The highest BCUT2D eigenvalue weighted by atomic mass is 16.7. The molecule has 0 aliphatic heterocycles. The minimum absolute atomic E-state index is 0.239. The molecule has 2 heterocycles. The van der Waals surface area contributed by atoms with E-state index < -0.39 is 5.97 Å². The van der Waals surface area contributed by atoms with Crippen LogP contribution in [0.15, 0.2) is 85.3 Å². The van der Waals surface area contributed by atoms with E-state index in [0.29, 0.717) is 16.8 Å². The van der Waals surface area contributed by atoms with E-state index in [1.165, 1.54) is 0 Å². The minimum atomic E-state index is -0.651. The number of nitrogens with zero attached hydrogens (tertiary/aromatic N) is 3. The molecule has 156 valence electrons. The molecule has 1 amide bonds. The molecule has 0 spiro atoms. The van der Waals surface area contributed by atoms with Gasteiger partial charge in [-0.2, -0.15) is 11.0 Å². The molecule has 5 aromatic rings. The van der Waals surface area contributed by atoms with E-state index in [0.717, 1.165) is 21.8 Å². The Balaban J connectivity index is 1.41. The Morgan fingerprint density at radius 1 is 0.875 bits per heavy atom. The van der Waals surface area contributed by atoms with Gasteiger partial charge in [0.05, 0.1) is 16.8 Å². The summed E-state index contributed by atoms with van der Waals surface area (Å²) >= 11 is 0. The highest BCUT2D eigenvalue weighted by Crippen LogP contribution is 2.22. The van der Waals surface area contributed by atoms with Crippen molar-refractivity contribution in [3.63, 3.8) is 0 Å². The molecule has 2 aromatic heterocycles. The van der Waals surface area contributed by atoms with Crippen molar-refractivity contribution in [2.45, 2.75) is 0 Å². The number of carbonyl (C=O) groups is 2. The number of nitrogens with two attached hydrogens (primary N) is 1. The molecule has 0 atom stereocenters. The third-order valence-corrected chi connectivity index (χ3v) is 5.17. The molecule has 5 rings (SSSR count). The average Bonchev–Trinajstić information content (AvgIpc) is 3.28. The summed E-state index contributed by atoms with van der Waals surface area (Å²) in [5.74, 6) is 4.13. The maximum atomic E-state index is 12.8. The van der Waals surface area contributed by atoms with Crippen LogP contribution < -0.4 is 11.2 Å². The number of benzene rings is 3. The van der Waals surface area contributed by atoms with Crippen molar-refractivity contribution in [3.8, 4) is 5.69 Å². The monoisotopic (exact) mass is 423 g/mol. The smallest absolute Gasteiger partial charge is 0.358 e. The second-order valence-corrected chi connectivity index (χ2v) is 7.13. The van der Waals surface area contributed by atoms with Gasteiger partial charge in [0.2, 0.25) is 0 Å². The van der Waals surface area contributed by atoms with Crippen LogP contribution in [0.2, 0.25) is 0 Å². The molecule has 3 N–H and O–H groups in total. The lowest BCUT2D eigenvalue weighted by Crippen LogP contribution is -2.12. The van der Waals surface area contributed by atoms with Crippen molar-refractivity contribution < 1.29 is 14.4 Å². The fraction of sp³-hybridized carbons (Fsp3) is 0. The number of hydrogen-bond acceptors (Lipinski definition) is 6. The molecule has 0 saturated carbocycles. The van der Waals surface area contributed by atoms with Crippen molar-refractivity contribution in [3.05, 3.63) is 96.4 Å². The third kappa shape index (κ3) is 3.44. The van der Waals surface area contributed by atoms with Crippen LogP contribution in [0.25, 0.3) is 27.4 Å². The Kier molecular flexibility index (Phi) is 4.81. The predicted molar refractivity (Wildman–Crippen MR) is 120 cm³/mol. The van der Waals surface area contributed by atoms with Crippen LogP contribution in [0.5, 0.6) is 0 Å². The second kappa shape index (κ2) is 7.93. The van der Waals surface area contributed by atoms with Gasteiger partial charge in [0.15, 0.2) is 0 Å². The van der Waals surface area contributed by atoms with Gasteiger partial charge in [-0.1, -0.05) is 36.4 Å². The molecule has 0 saturated heterocycles. The van der Waals surface area contributed by atoms with Crippen LogP contribution in [-0.4, -0.2) is 26.6 Å². The average molecular weight is 423 g/mol. The second-order valence-electron chi connectivity index (χ2n) is 7.13. The highest BCUT2D eigenvalue weighted by Gasteiger charge is 2.15. The number of hydrogen-bond donors (Lipinski definition) is 2. The molecule has 8 heteroatoms. The predicted octanol–water partition coefficient (Wildman–Crippen LogP) is 3.86. The van der Waals surface area contributed by atoms with Crippen LogP contribution >= 0.6 is 0 Å². The summed E-state index contributed by atoms with van der Waals surface area (Å²) in [5.41, 5.74) is 2.68. The number of anilines is 1. The molecule has 8 nitrogen and oxygen atoms in total. The van der Waals surface area contributed by atoms with Crippen molar-refractivity contribution in [2.75, 3.05) is 5.32 Å². The zero-order valence-corrected chi connectivity index (χ0v) is 16.7. The molecule has 32 heavy (non-hydrogen) atoms. The normalized spacial score (nSPS) is 10.9. The van der Waals surface area contributed by atoms with Gasteiger partial charge in [-0.25, -0.2) is 9.48 Å². The maximum absolute atomic E-state index is 12.8. The molecule has 3 aromatic carbocycles. The van der Waals surface area contributed by atoms with Gasteiger partial charge >= 0.3 is 5.97 Å². The highest BCUT2D eigenvalue weighted by molar-refractivity contribution is 6.12. The van der Waals surface area contributed by atoms with Crippen LogP contribution in [0.1, 0.15) is 20.7 Å². The van der Waals surface area contributed by atoms with Gasteiger partial charge in [-0.15, -0.1) is 0 Å². The number of pyridine rings is 1. The molecule has 0 fully saturated rings. The first-order chi connectivity index (χ1) is 15.6. The van der Waals surface area contributed by atoms with Crippen molar-refractivity contribution >= 4 is 39.2 Å². The number of amides is 1. The maximum Gasteiger partial charge on any atom is 0.358 e. The fourth-order valence-electron chi connectivity index (χ4n) is 3.60. The summed E-state index contributed by atoms with van der Waals surface area (Å²) in [5, 5.41) is 9.91. The number of fused-ring (bicyclic) bond motifs is 2. The molecule has 0 bridgehead atoms. The number of carbonyl (C=O) groups excluding carboxylic acids is 2. The molecule has 0 aliphatic carbocycles. The molecule has 0 radical (unpaired) electrons. The van der Waals surface area contributed by atoms with Gasteiger partial charge in [-0.05, 0) is 35.7 Å². The lowest BCUT2D eigenvalue weighted by atomic mass is 10.1. The Labute approximate surface area is 182 Å².